The molecule has 0 fully saturated rings. The summed E-state index contributed by atoms with van der Waals surface area (Å²) in [6.07, 6.45) is -2.66. The highest BCUT2D eigenvalue weighted by Crippen LogP contribution is 2.29. The molecule has 0 aliphatic rings. The van der Waals surface area contributed by atoms with Crippen LogP contribution < -0.4 is 10.1 Å². The molecule has 0 saturated heterocycles. The van der Waals surface area contributed by atoms with Crippen molar-refractivity contribution in [1.29, 1.82) is 0 Å². The Kier molecular flexibility index (Phi) is 6.26. The van der Waals surface area contributed by atoms with Gasteiger partial charge in [0.1, 0.15) is 5.75 Å². The largest absolute Gasteiger partial charge is 0.497 e. The third kappa shape index (κ3) is 5.27. The van der Waals surface area contributed by atoms with E-state index in [4.69, 9.17) is 4.74 Å². The summed E-state index contributed by atoms with van der Waals surface area (Å²) >= 11 is 0. The Labute approximate surface area is 140 Å². The van der Waals surface area contributed by atoms with Crippen LogP contribution in [0.1, 0.15) is 36.1 Å². The maximum absolute atomic E-state index is 12.5. The van der Waals surface area contributed by atoms with Gasteiger partial charge in [-0.25, -0.2) is 0 Å². The van der Waals surface area contributed by atoms with Gasteiger partial charge < -0.3 is 10.1 Å². The molecule has 0 amide bonds. The minimum atomic E-state index is -4.27. The van der Waals surface area contributed by atoms with Gasteiger partial charge in [-0.3, -0.25) is 0 Å². The molecule has 0 radical (unpaired) electrons. The Morgan fingerprint density at radius 1 is 1.08 bits per heavy atom. The average molecular weight is 337 g/mol. The van der Waals surface area contributed by atoms with Crippen molar-refractivity contribution in [3.05, 3.63) is 65.2 Å². The molecule has 5 heteroatoms. The zero-order valence-corrected chi connectivity index (χ0v) is 13.9. The van der Waals surface area contributed by atoms with Crippen LogP contribution in [-0.2, 0) is 12.6 Å². The van der Waals surface area contributed by atoms with Gasteiger partial charge in [-0.1, -0.05) is 24.3 Å². The number of rotatable bonds is 7. The first kappa shape index (κ1) is 18.3. The van der Waals surface area contributed by atoms with Crippen molar-refractivity contribution in [3.8, 4) is 5.75 Å². The highest BCUT2D eigenvalue weighted by atomic mass is 19.4. The van der Waals surface area contributed by atoms with Crippen molar-refractivity contribution in [3.63, 3.8) is 0 Å². The van der Waals surface area contributed by atoms with Gasteiger partial charge in [-0.05, 0) is 61.7 Å². The number of alkyl halides is 3. The predicted molar refractivity (Wildman–Crippen MR) is 89.2 cm³/mol. The van der Waals surface area contributed by atoms with Gasteiger partial charge >= 0.3 is 6.18 Å². The molecule has 2 aromatic rings. The van der Waals surface area contributed by atoms with E-state index >= 15 is 0 Å². The quantitative estimate of drug-likeness (QED) is 0.718. The highest BCUT2D eigenvalue weighted by Gasteiger charge is 2.29. The summed E-state index contributed by atoms with van der Waals surface area (Å²) < 4.78 is 42.7. The molecule has 1 unspecified atom stereocenters. The molecule has 0 aliphatic heterocycles. The Bertz CT molecular complexity index is 638. The van der Waals surface area contributed by atoms with Crippen molar-refractivity contribution in [2.24, 2.45) is 0 Å². The molecule has 0 saturated carbocycles. The maximum atomic E-state index is 12.5. The Morgan fingerprint density at radius 3 is 2.42 bits per heavy atom. The third-order valence-electron chi connectivity index (χ3n) is 3.97. The molecule has 2 nitrogen and oxygen atoms in total. The molecule has 130 valence electrons. The van der Waals surface area contributed by atoms with Crippen LogP contribution in [0.3, 0.4) is 0 Å². The van der Waals surface area contributed by atoms with E-state index in [1.165, 1.54) is 0 Å². The van der Waals surface area contributed by atoms with Crippen molar-refractivity contribution in [2.45, 2.75) is 32.0 Å². The van der Waals surface area contributed by atoms with Gasteiger partial charge in [0.2, 0.25) is 0 Å². The molecule has 0 spiro atoms. The van der Waals surface area contributed by atoms with Crippen LogP contribution >= 0.6 is 0 Å². The fourth-order valence-electron chi connectivity index (χ4n) is 2.50. The van der Waals surface area contributed by atoms with E-state index in [1.807, 2.05) is 24.3 Å². The van der Waals surface area contributed by atoms with Crippen LogP contribution in [0.4, 0.5) is 13.2 Å². The molecular formula is C19H22F3NO. The van der Waals surface area contributed by atoms with E-state index < -0.39 is 11.7 Å². The second-order valence-electron chi connectivity index (χ2n) is 5.75. The maximum Gasteiger partial charge on any atom is 0.416 e. The first-order chi connectivity index (χ1) is 11.4. The predicted octanol–water partition coefficient (Wildman–Crippen LogP) is 5.00. The van der Waals surface area contributed by atoms with E-state index in [2.05, 4.69) is 12.2 Å². The van der Waals surface area contributed by atoms with E-state index in [0.717, 1.165) is 48.4 Å². The first-order valence-electron chi connectivity index (χ1n) is 7.93. The summed E-state index contributed by atoms with van der Waals surface area (Å²) in [7, 11) is 1.64. The van der Waals surface area contributed by atoms with Crippen LogP contribution in [0.15, 0.2) is 48.5 Å². The van der Waals surface area contributed by atoms with Crippen LogP contribution in [0, 0.1) is 0 Å². The molecule has 0 aromatic heterocycles. The Hall–Kier alpha value is -2.01. The number of benzene rings is 2. The lowest BCUT2D eigenvalue weighted by Gasteiger charge is -2.15. The number of ether oxygens (including phenoxy) is 1. The van der Waals surface area contributed by atoms with Gasteiger partial charge in [0, 0.05) is 6.04 Å². The molecular weight excluding hydrogens is 315 g/mol. The molecule has 2 rings (SSSR count). The molecule has 24 heavy (non-hydrogen) atoms. The summed E-state index contributed by atoms with van der Waals surface area (Å²) in [5.74, 6) is 0.825. The number of methoxy groups -OCH3 is 1. The number of nitrogens with one attached hydrogen (secondary N) is 1. The molecule has 1 atom stereocenters. The second-order valence-corrected chi connectivity index (χ2v) is 5.75. The van der Waals surface area contributed by atoms with Crippen LogP contribution in [0.25, 0.3) is 0 Å². The molecule has 0 bridgehead atoms. The average Bonchev–Trinajstić information content (AvgIpc) is 2.58. The number of halogens is 3. The van der Waals surface area contributed by atoms with Gasteiger partial charge in [0.15, 0.2) is 0 Å². The van der Waals surface area contributed by atoms with Gasteiger partial charge in [0.05, 0.1) is 12.7 Å². The summed E-state index contributed by atoms with van der Waals surface area (Å²) in [6, 6.07) is 13.5. The Morgan fingerprint density at radius 2 is 1.79 bits per heavy atom. The van der Waals surface area contributed by atoms with E-state index in [9.17, 15) is 13.2 Å². The third-order valence-corrected chi connectivity index (χ3v) is 3.97. The van der Waals surface area contributed by atoms with Crippen molar-refractivity contribution >= 4 is 0 Å². The van der Waals surface area contributed by atoms with Crippen molar-refractivity contribution < 1.29 is 17.9 Å². The Balaban J connectivity index is 1.78. The zero-order chi connectivity index (χ0) is 17.6. The number of hydrogen-bond donors (Lipinski definition) is 1. The highest BCUT2D eigenvalue weighted by molar-refractivity contribution is 5.30. The molecule has 2 aromatic carbocycles. The van der Waals surface area contributed by atoms with Crippen LogP contribution in [0.5, 0.6) is 5.75 Å². The van der Waals surface area contributed by atoms with Gasteiger partial charge in [-0.15, -0.1) is 0 Å². The van der Waals surface area contributed by atoms with Gasteiger partial charge in [0.25, 0.3) is 0 Å². The second kappa shape index (κ2) is 8.20. The first-order valence-corrected chi connectivity index (χ1v) is 7.93. The summed E-state index contributed by atoms with van der Waals surface area (Å²) in [6.45, 7) is 2.87. The van der Waals surface area contributed by atoms with E-state index in [-0.39, 0.29) is 6.04 Å². The fraction of sp³-hybridized carbons (Fsp3) is 0.368. The van der Waals surface area contributed by atoms with Crippen molar-refractivity contribution in [1.82, 2.24) is 5.32 Å². The van der Waals surface area contributed by atoms with E-state index in [1.54, 1.807) is 19.2 Å². The monoisotopic (exact) mass is 337 g/mol. The molecule has 0 heterocycles. The van der Waals surface area contributed by atoms with Gasteiger partial charge in [-0.2, -0.15) is 13.2 Å². The van der Waals surface area contributed by atoms with Crippen molar-refractivity contribution in [2.75, 3.05) is 13.7 Å². The smallest absolute Gasteiger partial charge is 0.416 e. The number of hydrogen-bond acceptors (Lipinski definition) is 2. The minimum Gasteiger partial charge on any atom is -0.497 e. The summed E-state index contributed by atoms with van der Waals surface area (Å²) in [5.41, 5.74) is 1.46. The molecule has 1 N–H and O–H groups in total. The summed E-state index contributed by atoms with van der Waals surface area (Å²) in [5, 5.41) is 3.42. The van der Waals surface area contributed by atoms with Crippen LogP contribution in [0.2, 0.25) is 0 Å². The van der Waals surface area contributed by atoms with E-state index in [0.29, 0.717) is 0 Å². The minimum absolute atomic E-state index is 0.188. The lowest BCUT2D eigenvalue weighted by Crippen LogP contribution is -2.20. The number of aryl methyl sites for hydroxylation is 1. The van der Waals surface area contributed by atoms with Crippen LogP contribution in [-0.4, -0.2) is 13.7 Å². The lowest BCUT2D eigenvalue weighted by molar-refractivity contribution is -0.137. The molecule has 0 aliphatic carbocycles. The standard InChI is InChI=1S/C19H22F3NO/c1-14(16-6-3-7-18(13-16)24-2)23-12-4-5-15-8-10-17(11-9-15)19(20,21)22/h3,6-11,13-14,23H,4-5,12H2,1-2H3. The topological polar surface area (TPSA) is 21.3 Å². The zero-order valence-electron chi connectivity index (χ0n) is 13.9. The fourth-order valence-corrected chi connectivity index (χ4v) is 2.50. The SMILES string of the molecule is COc1cccc(C(C)NCCCc2ccc(C(F)(F)F)cc2)c1. The normalized spacial score (nSPS) is 12.9. The lowest BCUT2D eigenvalue weighted by atomic mass is 10.1. The summed E-state index contributed by atoms with van der Waals surface area (Å²) in [4.78, 5) is 0.